The summed E-state index contributed by atoms with van der Waals surface area (Å²) in [6.07, 6.45) is 1.79. The first-order chi connectivity index (χ1) is 16.3. The van der Waals surface area contributed by atoms with Crippen LogP contribution in [0.1, 0.15) is 31.1 Å². The molecule has 0 spiro atoms. The molecule has 4 heterocycles. The van der Waals surface area contributed by atoms with Gasteiger partial charge < -0.3 is 14.6 Å². The number of hydrogen-bond donors (Lipinski definition) is 2. The summed E-state index contributed by atoms with van der Waals surface area (Å²) >= 11 is 0. The number of pyridine rings is 1. The van der Waals surface area contributed by atoms with Crippen LogP contribution in [0.4, 0.5) is 0 Å². The van der Waals surface area contributed by atoms with E-state index in [0.717, 1.165) is 61.0 Å². The SMILES string of the molecule is Cc1noc(C)c1-c1ccc2c(c1)[nH]c1nc(C(C)(C)O)nc(-c3ccnc4ccccc34)c12. The number of benzene rings is 2. The number of fused-ring (bicyclic) bond motifs is 4. The van der Waals surface area contributed by atoms with E-state index in [1.807, 2.05) is 44.2 Å². The number of hydrogen-bond acceptors (Lipinski definition) is 6. The molecule has 0 atom stereocenters. The Balaban J connectivity index is 1.70. The molecule has 0 saturated heterocycles. The van der Waals surface area contributed by atoms with Crippen molar-refractivity contribution in [2.45, 2.75) is 33.3 Å². The Bertz CT molecular complexity index is 1700. The molecule has 0 fully saturated rings. The molecule has 34 heavy (non-hydrogen) atoms. The molecule has 6 rings (SSSR count). The Labute approximate surface area is 195 Å². The molecule has 0 amide bonds. The number of aliphatic hydroxyl groups is 1. The number of aryl methyl sites for hydroxylation is 2. The topological polar surface area (TPSA) is 101 Å². The molecular weight excluding hydrogens is 426 g/mol. The first kappa shape index (κ1) is 20.5. The number of nitrogens with zero attached hydrogens (tertiary/aromatic N) is 4. The molecule has 7 heteroatoms. The fourth-order valence-corrected chi connectivity index (χ4v) is 4.62. The summed E-state index contributed by atoms with van der Waals surface area (Å²) in [5, 5.41) is 17.8. The maximum absolute atomic E-state index is 10.8. The maximum atomic E-state index is 10.8. The van der Waals surface area contributed by atoms with Crippen LogP contribution in [0.25, 0.3) is 55.2 Å². The number of rotatable bonds is 3. The van der Waals surface area contributed by atoms with Crippen LogP contribution in [0, 0.1) is 13.8 Å². The van der Waals surface area contributed by atoms with Gasteiger partial charge in [-0.15, -0.1) is 0 Å². The van der Waals surface area contributed by atoms with Gasteiger partial charge in [-0.3, -0.25) is 4.98 Å². The second-order valence-corrected chi connectivity index (χ2v) is 9.14. The average Bonchev–Trinajstić information content (AvgIpc) is 3.35. The predicted octanol–water partition coefficient (Wildman–Crippen LogP) is 5.83. The zero-order chi connectivity index (χ0) is 23.6. The normalized spacial score (nSPS) is 12.3. The highest BCUT2D eigenvalue weighted by Gasteiger charge is 2.25. The maximum Gasteiger partial charge on any atom is 0.162 e. The highest BCUT2D eigenvalue weighted by atomic mass is 16.5. The summed E-state index contributed by atoms with van der Waals surface area (Å²) in [7, 11) is 0. The van der Waals surface area contributed by atoms with Crippen LogP contribution in [0.2, 0.25) is 0 Å². The molecule has 0 bridgehead atoms. The molecule has 0 aliphatic heterocycles. The third kappa shape index (κ3) is 3.08. The van der Waals surface area contributed by atoms with Gasteiger partial charge in [-0.25, -0.2) is 9.97 Å². The zero-order valence-electron chi connectivity index (χ0n) is 19.3. The average molecular weight is 450 g/mol. The van der Waals surface area contributed by atoms with E-state index >= 15 is 0 Å². The molecule has 0 unspecified atom stereocenters. The van der Waals surface area contributed by atoms with Crippen molar-refractivity contribution in [1.29, 1.82) is 0 Å². The predicted molar refractivity (Wildman–Crippen MR) is 132 cm³/mol. The van der Waals surface area contributed by atoms with Crippen molar-refractivity contribution in [1.82, 2.24) is 25.1 Å². The lowest BCUT2D eigenvalue weighted by molar-refractivity contribution is 0.0692. The number of para-hydroxylation sites is 1. The minimum atomic E-state index is -1.20. The standard InChI is InChI=1S/C27H23N5O2/c1-14-22(15(2)34-32-14)16-9-10-19-21(13-16)29-25-23(19)24(30-26(31-25)27(3,4)33)18-11-12-28-20-8-6-5-7-17(18)20/h5-13,33H,1-4H3,(H,29,30,31). The van der Waals surface area contributed by atoms with E-state index in [0.29, 0.717) is 11.5 Å². The molecule has 6 aromatic rings. The van der Waals surface area contributed by atoms with Gasteiger partial charge in [-0.1, -0.05) is 35.5 Å². The van der Waals surface area contributed by atoms with Gasteiger partial charge in [-0.05, 0) is 51.5 Å². The number of aromatic amines is 1. The number of nitrogens with one attached hydrogen (secondary N) is 1. The van der Waals surface area contributed by atoms with Crippen LogP contribution < -0.4 is 0 Å². The van der Waals surface area contributed by atoms with Crippen molar-refractivity contribution in [3.63, 3.8) is 0 Å². The van der Waals surface area contributed by atoms with Crippen LogP contribution >= 0.6 is 0 Å². The molecule has 2 N–H and O–H groups in total. The van der Waals surface area contributed by atoms with Crippen molar-refractivity contribution in [3.05, 3.63) is 72.0 Å². The van der Waals surface area contributed by atoms with Gasteiger partial charge in [0.25, 0.3) is 0 Å². The Hall–Kier alpha value is -4.10. The minimum Gasteiger partial charge on any atom is -0.382 e. The van der Waals surface area contributed by atoms with Crippen LogP contribution in [-0.4, -0.2) is 30.2 Å². The van der Waals surface area contributed by atoms with Gasteiger partial charge >= 0.3 is 0 Å². The van der Waals surface area contributed by atoms with Gasteiger partial charge in [-0.2, -0.15) is 0 Å². The summed E-state index contributed by atoms with van der Waals surface area (Å²) < 4.78 is 5.38. The lowest BCUT2D eigenvalue weighted by Gasteiger charge is -2.17. The Morgan fingerprint density at radius 3 is 2.56 bits per heavy atom. The Morgan fingerprint density at radius 2 is 1.79 bits per heavy atom. The first-order valence-corrected chi connectivity index (χ1v) is 11.1. The summed E-state index contributed by atoms with van der Waals surface area (Å²) in [5.74, 6) is 1.13. The van der Waals surface area contributed by atoms with E-state index in [1.165, 1.54) is 0 Å². The van der Waals surface area contributed by atoms with Crippen molar-refractivity contribution in [2.24, 2.45) is 0 Å². The highest BCUT2D eigenvalue weighted by molar-refractivity contribution is 6.15. The van der Waals surface area contributed by atoms with E-state index in [9.17, 15) is 5.11 Å². The van der Waals surface area contributed by atoms with Gasteiger partial charge in [0.05, 0.1) is 22.3 Å². The molecule has 4 aromatic heterocycles. The third-order valence-corrected chi connectivity index (χ3v) is 6.22. The van der Waals surface area contributed by atoms with Crippen LogP contribution in [0.15, 0.2) is 59.3 Å². The fraction of sp³-hybridized carbons (Fsp3) is 0.185. The van der Waals surface area contributed by atoms with Crippen molar-refractivity contribution < 1.29 is 9.63 Å². The molecule has 168 valence electrons. The van der Waals surface area contributed by atoms with Gasteiger partial charge in [0, 0.05) is 33.6 Å². The number of H-pyrrole nitrogens is 1. The smallest absolute Gasteiger partial charge is 0.162 e. The van der Waals surface area contributed by atoms with E-state index in [4.69, 9.17) is 14.5 Å². The molecule has 0 radical (unpaired) electrons. The molecule has 2 aromatic carbocycles. The minimum absolute atomic E-state index is 0.355. The van der Waals surface area contributed by atoms with Gasteiger partial charge in [0.2, 0.25) is 0 Å². The number of aromatic nitrogens is 5. The van der Waals surface area contributed by atoms with Crippen LogP contribution in [0.3, 0.4) is 0 Å². The molecule has 0 saturated carbocycles. The van der Waals surface area contributed by atoms with Crippen LogP contribution in [-0.2, 0) is 5.60 Å². The largest absolute Gasteiger partial charge is 0.382 e. The van der Waals surface area contributed by atoms with Crippen molar-refractivity contribution in [2.75, 3.05) is 0 Å². The highest BCUT2D eigenvalue weighted by Crippen LogP contribution is 2.38. The summed E-state index contributed by atoms with van der Waals surface area (Å²) in [4.78, 5) is 17.6. The monoisotopic (exact) mass is 449 g/mol. The summed E-state index contributed by atoms with van der Waals surface area (Å²) in [6, 6.07) is 16.2. The van der Waals surface area contributed by atoms with E-state index in [1.54, 1.807) is 20.0 Å². The van der Waals surface area contributed by atoms with Crippen molar-refractivity contribution in [3.8, 4) is 22.4 Å². The molecular formula is C27H23N5O2. The summed E-state index contributed by atoms with van der Waals surface area (Å²) in [6.45, 7) is 7.25. The second-order valence-electron chi connectivity index (χ2n) is 9.14. The molecule has 0 aliphatic carbocycles. The van der Waals surface area contributed by atoms with Gasteiger partial charge in [0.15, 0.2) is 5.82 Å². The van der Waals surface area contributed by atoms with Crippen molar-refractivity contribution >= 4 is 32.8 Å². The summed E-state index contributed by atoms with van der Waals surface area (Å²) in [5.41, 5.74) is 5.84. The lowest BCUT2D eigenvalue weighted by Crippen LogP contribution is -2.20. The van der Waals surface area contributed by atoms with Gasteiger partial charge in [0.1, 0.15) is 17.0 Å². The lowest BCUT2D eigenvalue weighted by atomic mass is 9.99. The van der Waals surface area contributed by atoms with E-state index in [2.05, 4.69) is 33.3 Å². The molecule has 0 aliphatic rings. The van der Waals surface area contributed by atoms with E-state index < -0.39 is 5.60 Å². The molecule has 7 nitrogen and oxygen atoms in total. The second kappa shape index (κ2) is 7.20. The first-order valence-electron chi connectivity index (χ1n) is 11.1. The fourth-order valence-electron chi connectivity index (χ4n) is 4.62. The Kier molecular flexibility index (Phi) is 4.34. The quantitative estimate of drug-likeness (QED) is 0.353. The van der Waals surface area contributed by atoms with E-state index in [-0.39, 0.29) is 0 Å². The third-order valence-electron chi connectivity index (χ3n) is 6.22. The van der Waals surface area contributed by atoms with Crippen LogP contribution in [0.5, 0.6) is 0 Å². The Morgan fingerprint density at radius 1 is 0.971 bits per heavy atom. The zero-order valence-corrected chi connectivity index (χ0v) is 19.3.